The largest absolute Gasteiger partial charge is 0.479 e. The second kappa shape index (κ2) is 7.79. The zero-order valence-electron chi connectivity index (χ0n) is 13.2. The highest BCUT2D eigenvalue weighted by Gasteiger charge is 2.19. The number of pyridine rings is 1. The lowest BCUT2D eigenvalue weighted by Gasteiger charge is -2.20. The molecule has 0 bridgehead atoms. The van der Waals surface area contributed by atoms with Crippen molar-refractivity contribution in [3.63, 3.8) is 0 Å². The second-order valence-corrected chi connectivity index (χ2v) is 5.71. The molecular weight excluding hydrogens is 298 g/mol. The van der Waals surface area contributed by atoms with E-state index in [0.717, 1.165) is 28.4 Å². The van der Waals surface area contributed by atoms with E-state index in [2.05, 4.69) is 23.5 Å². The van der Waals surface area contributed by atoms with Crippen LogP contribution in [0.15, 0.2) is 37.0 Å². The highest BCUT2D eigenvalue weighted by atomic mass is 32.1. The van der Waals surface area contributed by atoms with Gasteiger partial charge >= 0.3 is 0 Å². The summed E-state index contributed by atoms with van der Waals surface area (Å²) < 4.78 is 11.0. The molecule has 0 atom stereocenters. The van der Waals surface area contributed by atoms with Crippen LogP contribution >= 0.6 is 11.3 Å². The predicted molar refractivity (Wildman–Crippen MR) is 90.3 cm³/mol. The highest BCUT2D eigenvalue weighted by molar-refractivity contribution is 7.19. The van der Waals surface area contributed by atoms with Crippen molar-refractivity contribution < 1.29 is 9.47 Å². The molecule has 0 fully saturated rings. The zero-order valence-corrected chi connectivity index (χ0v) is 14.0. The molecule has 0 radical (unpaired) electrons. The molecular formula is C16H21N3O2S. The van der Waals surface area contributed by atoms with E-state index in [1.165, 1.54) is 11.3 Å². The molecule has 2 aromatic rings. The Hall–Kier alpha value is -2.08. The summed E-state index contributed by atoms with van der Waals surface area (Å²) in [4.78, 5) is 10.5. The standard InChI is InChI=1S/C16H21N3O2S/c1-5-6-10-21-12(2)19(3)16-14(20-4)18-15(22-16)13-8-7-9-17-11-13/h7-9,11H,2,5-6,10H2,1,3-4H3. The molecule has 2 heterocycles. The molecule has 22 heavy (non-hydrogen) atoms. The van der Waals surface area contributed by atoms with E-state index >= 15 is 0 Å². The number of hydrogen-bond acceptors (Lipinski definition) is 6. The molecule has 2 rings (SSSR count). The van der Waals surface area contributed by atoms with Crippen LogP contribution < -0.4 is 9.64 Å². The van der Waals surface area contributed by atoms with Gasteiger partial charge in [0, 0.05) is 25.0 Å². The molecule has 0 aromatic carbocycles. The van der Waals surface area contributed by atoms with E-state index in [1.807, 2.05) is 24.1 Å². The van der Waals surface area contributed by atoms with Gasteiger partial charge in [-0.05, 0) is 25.1 Å². The maximum absolute atomic E-state index is 5.66. The highest BCUT2D eigenvalue weighted by Crippen LogP contribution is 2.39. The van der Waals surface area contributed by atoms with Gasteiger partial charge in [0.05, 0.1) is 13.7 Å². The summed E-state index contributed by atoms with van der Waals surface area (Å²) in [5, 5.41) is 1.72. The third-order valence-corrected chi connectivity index (χ3v) is 4.29. The number of rotatable bonds is 8. The van der Waals surface area contributed by atoms with E-state index in [1.54, 1.807) is 19.5 Å². The lowest BCUT2D eigenvalue weighted by atomic mass is 10.3. The van der Waals surface area contributed by atoms with Crippen molar-refractivity contribution in [2.45, 2.75) is 19.8 Å². The van der Waals surface area contributed by atoms with Crippen molar-refractivity contribution in [2.75, 3.05) is 25.7 Å². The Morgan fingerprint density at radius 1 is 1.45 bits per heavy atom. The Balaban J connectivity index is 2.19. The second-order valence-electron chi connectivity index (χ2n) is 4.73. The van der Waals surface area contributed by atoms with Gasteiger partial charge in [-0.2, -0.15) is 4.98 Å². The average molecular weight is 319 g/mol. The van der Waals surface area contributed by atoms with Crippen LogP contribution in [0.4, 0.5) is 5.00 Å². The minimum atomic E-state index is 0.562. The first-order chi connectivity index (χ1) is 10.7. The molecule has 0 saturated heterocycles. The molecule has 118 valence electrons. The van der Waals surface area contributed by atoms with Gasteiger partial charge in [-0.3, -0.25) is 4.98 Å². The maximum Gasteiger partial charge on any atom is 0.250 e. The van der Waals surface area contributed by atoms with Crippen LogP contribution in [0.1, 0.15) is 19.8 Å². The number of methoxy groups -OCH3 is 1. The molecule has 0 unspecified atom stereocenters. The Morgan fingerprint density at radius 2 is 2.27 bits per heavy atom. The summed E-state index contributed by atoms with van der Waals surface area (Å²) in [5.41, 5.74) is 0.961. The fourth-order valence-corrected chi connectivity index (χ4v) is 2.81. The van der Waals surface area contributed by atoms with Gasteiger partial charge < -0.3 is 14.4 Å². The minimum absolute atomic E-state index is 0.562. The van der Waals surface area contributed by atoms with E-state index < -0.39 is 0 Å². The van der Waals surface area contributed by atoms with E-state index in [9.17, 15) is 0 Å². The van der Waals surface area contributed by atoms with E-state index in [-0.39, 0.29) is 0 Å². The third-order valence-electron chi connectivity index (χ3n) is 3.13. The number of ether oxygens (including phenoxy) is 2. The number of nitrogens with zero attached hydrogens (tertiary/aromatic N) is 3. The molecule has 0 amide bonds. The van der Waals surface area contributed by atoms with Crippen molar-refractivity contribution in [2.24, 2.45) is 0 Å². The van der Waals surface area contributed by atoms with Crippen molar-refractivity contribution in [3.8, 4) is 16.5 Å². The van der Waals surface area contributed by atoms with Crippen molar-refractivity contribution in [1.82, 2.24) is 9.97 Å². The molecule has 0 spiro atoms. The zero-order chi connectivity index (χ0) is 15.9. The average Bonchev–Trinajstić information content (AvgIpc) is 2.99. The third kappa shape index (κ3) is 3.76. The van der Waals surface area contributed by atoms with Gasteiger partial charge in [0.25, 0.3) is 0 Å². The number of hydrogen-bond donors (Lipinski definition) is 0. The summed E-state index contributed by atoms with van der Waals surface area (Å²) in [7, 11) is 3.51. The summed E-state index contributed by atoms with van der Waals surface area (Å²) in [5.74, 6) is 1.15. The fourth-order valence-electron chi connectivity index (χ4n) is 1.80. The molecule has 0 aliphatic heterocycles. The summed E-state index contributed by atoms with van der Waals surface area (Å²) in [6, 6.07) is 3.86. The molecule has 6 heteroatoms. The first kappa shape index (κ1) is 16.3. The van der Waals surface area contributed by atoms with Crippen molar-refractivity contribution >= 4 is 16.3 Å². The monoisotopic (exact) mass is 319 g/mol. The lowest BCUT2D eigenvalue weighted by Crippen LogP contribution is -2.17. The fraction of sp³-hybridized carbons (Fsp3) is 0.375. The quantitative estimate of drug-likeness (QED) is 0.545. The van der Waals surface area contributed by atoms with Crippen LogP contribution in [-0.2, 0) is 4.74 Å². The topological polar surface area (TPSA) is 47.5 Å². The van der Waals surface area contributed by atoms with Crippen LogP contribution in [0.25, 0.3) is 10.6 Å². The van der Waals surface area contributed by atoms with Gasteiger partial charge in [-0.25, -0.2) is 0 Å². The maximum atomic E-state index is 5.66. The molecule has 5 nitrogen and oxygen atoms in total. The number of thiazole rings is 1. The van der Waals surface area contributed by atoms with Crippen LogP contribution in [0.5, 0.6) is 5.88 Å². The molecule has 0 N–H and O–H groups in total. The van der Waals surface area contributed by atoms with Crippen molar-refractivity contribution in [3.05, 3.63) is 37.0 Å². The van der Waals surface area contributed by atoms with E-state index in [4.69, 9.17) is 9.47 Å². The van der Waals surface area contributed by atoms with Gasteiger partial charge in [0.2, 0.25) is 5.88 Å². The van der Waals surface area contributed by atoms with Crippen molar-refractivity contribution in [1.29, 1.82) is 0 Å². The van der Waals surface area contributed by atoms with Crippen LogP contribution in [-0.4, -0.2) is 30.7 Å². The number of aromatic nitrogens is 2. The van der Waals surface area contributed by atoms with Gasteiger partial charge in [-0.15, -0.1) is 0 Å². The molecule has 0 saturated carbocycles. The lowest BCUT2D eigenvalue weighted by molar-refractivity contribution is 0.203. The Kier molecular flexibility index (Phi) is 5.77. The molecule has 0 aliphatic rings. The Bertz CT molecular complexity index is 613. The summed E-state index contributed by atoms with van der Waals surface area (Å²) in [6.45, 7) is 6.77. The van der Waals surface area contributed by atoms with Gasteiger partial charge in [-0.1, -0.05) is 24.7 Å². The van der Waals surface area contributed by atoms with E-state index in [0.29, 0.717) is 18.4 Å². The minimum Gasteiger partial charge on any atom is -0.479 e. The number of unbranched alkanes of at least 4 members (excludes halogenated alkanes) is 1. The van der Waals surface area contributed by atoms with Crippen LogP contribution in [0.3, 0.4) is 0 Å². The normalized spacial score (nSPS) is 10.3. The Labute approximate surface area is 135 Å². The first-order valence-corrected chi connectivity index (χ1v) is 7.99. The van der Waals surface area contributed by atoms with Gasteiger partial charge in [0.1, 0.15) is 5.01 Å². The summed E-state index contributed by atoms with van der Waals surface area (Å²) in [6.07, 6.45) is 5.62. The van der Waals surface area contributed by atoms with Crippen LogP contribution in [0, 0.1) is 0 Å². The summed E-state index contributed by atoms with van der Waals surface area (Å²) >= 11 is 1.52. The molecule has 2 aromatic heterocycles. The Morgan fingerprint density at radius 3 is 2.91 bits per heavy atom. The predicted octanol–water partition coefficient (Wildman–Crippen LogP) is 3.94. The van der Waals surface area contributed by atoms with Crippen LogP contribution in [0.2, 0.25) is 0 Å². The SMILES string of the molecule is C=C(OCCCC)N(C)c1sc(-c2cccnc2)nc1OC. The molecule has 0 aliphatic carbocycles. The number of anilines is 1. The first-order valence-electron chi connectivity index (χ1n) is 7.18. The smallest absolute Gasteiger partial charge is 0.250 e. The van der Waals surface area contributed by atoms with Gasteiger partial charge in [0.15, 0.2) is 10.9 Å².